The van der Waals surface area contributed by atoms with Gasteiger partial charge in [0.05, 0.1) is 6.04 Å². The van der Waals surface area contributed by atoms with Crippen molar-refractivity contribution >= 4 is 43.2 Å². The molecule has 0 aliphatic heterocycles. The molecular weight excluding hydrogens is 352 g/mol. The summed E-state index contributed by atoms with van der Waals surface area (Å²) in [6, 6.07) is 8.15. The average Bonchev–Trinajstić information content (AvgIpc) is 2.78. The second kappa shape index (κ2) is 5.42. The van der Waals surface area contributed by atoms with Gasteiger partial charge in [-0.2, -0.15) is 11.3 Å². The van der Waals surface area contributed by atoms with Crippen LogP contribution in [-0.2, 0) is 0 Å². The number of rotatable bonds is 3. The number of nitrogens with one attached hydrogen (secondary N) is 1. The molecule has 0 amide bonds. The lowest BCUT2D eigenvalue weighted by Crippen LogP contribution is -2.28. The van der Waals surface area contributed by atoms with Gasteiger partial charge in [0.25, 0.3) is 0 Å². The molecule has 0 radical (unpaired) electrons. The molecule has 0 aliphatic rings. The highest BCUT2D eigenvalue weighted by Crippen LogP contribution is 2.31. The maximum atomic E-state index is 5.63. The van der Waals surface area contributed by atoms with Crippen molar-refractivity contribution in [2.75, 3.05) is 0 Å². The van der Waals surface area contributed by atoms with Crippen LogP contribution in [0.25, 0.3) is 0 Å². The third-order valence-corrected chi connectivity index (χ3v) is 4.23. The van der Waals surface area contributed by atoms with Gasteiger partial charge in [-0.25, -0.2) is 5.43 Å². The van der Waals surface area contributed by atoms with Crippen molar-refractivity contribution in [1.29, 1.82) is 0 Å². The lowest BCUT2D eigenvalue weighted by Gasteiger charge is -2.17. The fourth-order valence-electron chi connectivity index (χ4n) is 1.54. The highest BCUT2D eigenvalue weighted by molar-refractivity contribution is 9.11. The van der Waals surface area contributed by atoms with Crippen molar-refractivity contribution in [2.45, 2.75) is 6.04 Å². The van der Waals surface area contributed by atoms with Crippen LogP contribution in [0.15, 0.2) is 44.0 Å². The topological polar surface area (TPSA) is 38.0 Å². The van der Waals surface area contributed by atoms with Gasteiger partial charge >= 0.3 is 0 Å². The number of hydrazine groups is 1. The summed E-state index contributed by atoms with van der Waals surface area (Å²) in [4.78, 5) is 0. The first-order chi connectivity index (χ1) is 7.72. The summed E-state index contributed by atoms with van der Waals surface area (Å²) in [5.74, 6) is 5.63. The Bertz CT molecular complexity index is 471. The van der Waals surface area contributed by atoms with Crippen molar-refractivity contribution in [3.63, 3.8) is 0 Å². The van der Waals surface area contributed by atoms with Crippen LogP contribution in [-0.4, -0.2) is 0 Å². The fourth-order valence-corrected chi connectivity index (χ4v) is 3.08. The summed E-state index contributed by atoms with van der Waals surface area (Å²) in [5.41, 5.74) is 5.14. The molecule has 0 bridgehead atoms. The molecule has 0 fully saturated rings. The minimum absolute atomic E-state index is 0.0122. The van der Waals surface area contributed by atoms with Gasteiger partial charge in [0.2, 0.25) is 0 Å². The standard InChI is InChI=1S/C11H10Br2N2S/c12-8-1-2-10(13)9(5-8)11(15-14)7-3-4-16-6-7/h1-6,11,15H,14H2. The van der Waals surface area contributed by atoms with Crippen LogP contribution < -0.4 is 11.3 Å². The molecule has 0 saturated carbocycles. The predicted octanol–water partition coefficient (Wildman–Crippen LogP) is 3.83. The number of hydrogen-bond acceptors (Lipinski definition) is 3. The van der Waals surface area contributed by atoms with E-state index in [0.717, 1.165) is 14.5 Å². The van der Waals surface area contributed by atoms with Crippen molar-refractivity contribution < 1.29 is 0 Å². The maximum absolute atomic E-state index is 5.63. The van der Waals surface area contributed by atoms with E-state index in [-0.39, 0.29) is 6.04 Å². The lowest BCUT2D eigenvalue weighted by molar-refractivity contribution is 0.636. The molecule has 0 aliphatic carbocycles. The van der Waals surface area contributed by atoms with Crippen molar-refractivity contribution in [3.05, 3.63) is 55.1 Å². The lowest BCUT2D eigenvalue weighted by atomic mass is 10.0. The maximum Gasteiger partial charge on any atom is 0.0729 e. The zero-order chi connectivity index (χ0) is 11.5. The molecule has 2 rings (SSSR count). The van der Waals surface area contributed by atoms with Crippen LogP contribution in [0.3, 0.4) is 0 Å². The normalized spacial score (nSPS) is 12.7. The van der Waals surface area contributed by atoms with Gasteiger partial charge in [0, 0.05) is 8.95 Å². The Morgan fingerprint density at radius 2 is 2.06 bits per heavy atom. The number of benzene rings is 1. The molecule has 1 aromatic heterocycles. The highest BCUT2D eigenvalue weighted by Gasteiger charge is 2.15. The Kier molecular flexibility index (Phi) is 4.16. The number of hydrogen-bond donors (Lipinski definition) is 2. The Hall–Kier alpha value is -0.200. The summed E-state index contributed by atoms with van der Waals surface area (Å²) in [5, 5.41) is 4.14. The second-order valence-corrected chi connectivity index (χ2v) is 5.87. The summed E-state index contributed by atoms with van der Waals surface area (Å²) in [7, 11) is 0. The van der Waals surface area contributed by atoms with E-state index in [2.05, 4.69) is 54.8 Å². The molecule has 1 aromatic carbocycles. The number of halogens is 2. The first-order valence-corrected chi connectivity index (χ1v) is 7.18. The van der Waals surface area contributed by atoms with Gasteiger partial charge in [0.1, 0.15) is 0 Å². The van der Waals surface area contributed by atoms with Gasteiger partial charge in [-0.3, -0.25) is 5.84 Å². The minimum Gasteiger partial charge on any atom is -0.271 e. The number of nitrogens with two attached hydrogens (primary N) is 1. The van der Waals surface area contributed by atoms with Crippen LogP contribution in [0.5, 0.6) is 0 Å². The van der Waals surface area contributed by atoms with Crippen LogP contribution in [0.4, 0.5) is 0 Å². The molecule has 3 N–H and O–H groups in total. The van der Waals surface area contributed by atoms with E-state index < -0.39 is 0 Å². The van der Waals surface area contributed by atoms with Crippen molar-refractivity contribution in [2.24, 2.45) is 5.84 Å². The smallest absolute Gasteiger partial charge is 0.0729 e. The molecule has 0 spiro atoms. The molecule has 84 valence electrons. The Morgan fingerprint density at radius 3 is 2.69 bits per heavy atom. The Morgan fingerprint density at radius 1 is 1.25 bits per heavy atom. The van der Waals surface area contributed by atoms with Crippen LogP contribution in [0, 0.1) is 0 Å². The van der Waals surface area contributed by atoms with Gasteiger partial charge in [0.15, 0.2) is 0 Å². The Labute approximate surface area is 115 Å². The second-order valence-electron chi connectivity index (χ2n) is 3.32. The van der Waals surface area contributed by atoms with Crippen LogP contribution >= 0.6 is 43.2 Å². The molecule has 1 atom stereocenters. The average molecular weight is 362 g/mol. The summed E-state index contributed by atoms with van der Waals surface area (Å²) in [6.45, 7) is 0. The van der Waals surface area contributed by atoms with E-state index in [4.69, 9.17) is 5.84 Å². The first kappa shape index (κ1) is 12.3. The summed E-state index contributed by atoms with van der Waals surface area (Å²) in [6.07, 6.45) is 0. The zero-order valence-corrected chi connectivity index (χ0v) is 12.3. The molecule has 5 heteroatoms. The predicted molar refractivity (Wildman–Crippen MR) is 75.3 cm³/mol. The molecule has 1 unspecified atom stereocenters. The van der Waals surface area contributed by atoms with E-state index >= 15 is 0 Å². The molecule has 2 aromatic rings. The molecule has 2 nitrogen and oxygen atoms in total. The van der Waals surface area contributed by atoms with Gasteiger partial charge in [-0.1, -0.05) is 31.9 Å². The van der Waals surface area contributed by atoms with Gasteiger partial charge in [-0.05, 0) is 46.2 Å². The van der Waals surface area contributed by atoms with Gasteiger partial charge < -0.3 is 0 Å². The van der Waals surface area contributed by atoms with E-state index in [1.54, 1.807) is 11.3 Å². The van der Waals surface area contributed by atoms with E-state index in [0.29, 0.717) is 0 Å². The van der Waals surface area contributed by atoms with Gasteiger partial charge in [-0.15, -0.1) is 0 Å². The van der Waals surface area contributed by atoms with E-state index in [9.17, 15) is 0 Å². The highest BCUT2D eigenvalue weighted by atomic mass is 79.9. The SMILES string of the molecule is NNC(c1ccsc1)c1cc(Br)ccc1Br. The van der Waals surface area contributed by atoms with Crippen LogP contribution in [0.2, 0.25) is 0 Å². The van der Waals surface area contributed by atoms with Crippen LogP contribution in [0.1, 0.15) is 17.2 Å². The summed E-state index contributed by atoms with van der Waals surface area (Å²) >= 11 is 8.68. The van der Waals surface area contributed by atoms with Crippen molar-refractivity contribution in [3.8, 4) is 0 Å². The quantitative estimate of drug-likeness (QED) is 0.644. The molecule has 1 heterocycles. The zero-order valence-electron chi connectivity index (χ0n) is 8.28. The first-order valence-electron chi connectivity index (χ1n) is 4.65. The third-order valence-electron chi connectivity index (χ3n) is 2.31. The Balaban J connectivity index is 2.44. The molecule has 16 heavy (non-hydrogen) atoms. The monoisotopic (exact) mass is 360 g/mol. The summed E-state index contributed by atoms with van der Waals surface area (Å²) < 4.78 is 2.09. The molecule has 0 saturated heterocycles. The number of thiophene rings is 1. The fraction of sp³-hybridized carbons (Fsp3) is 0.0909. The largest absolute Gasteiger partial charge is 0.271 e. The van der Waals surface area contributed by atoms with Crippen molar-refractivity contribution in [1.82, 2.24) is 5.43 Å². The third kappa shape index (κ3) is 2.55. The van der Waals surface area contributed by atoms with E-state index in [1.807, 2.05) is 17.5 Å². The molecular formula is C11H10Br2N2S. The minimum atomic E-state index is 0.0122. The van der Waals surface area contributed by atoms with E-state index in [1.165, 1.54) is 5.56 Å².